The number of halogens is 4. The molecule has 0 atom stereocenters. The molecule has 0 amide bonds. The number of alkyl halides is 3. The van der Waals surface area contributed by atoms with Crippen molar-refractivity contribution in [2.24, 2.45) is 0 Å². The standard InChI is InChI=1S/C13H12F4O3/c14-10-4-1-3-9(5-6-11(18)19)12(10)20-8-2-7-13(15,16)17/h1,3-6H,2,7-8H2,(H,18,19)/b6-5+. The summed E-state index contributed by atoms with van der Waals surface area (Å²) in [7, 11) is 0. The van der Waals surface area contributed by atoms with Gasteiger partial charge in [-0.1, -0.05) is 12.1 Å². The average molecular weight is 292 g/mol. The second-order valence-electron chi connectivity index (χ2n) is 3.90. The van der Waals surface area contributed by atoms with E-state index in [4.69, 9.17) is 9.84 Å². The van der Waals surface area contributed by atoms with Crippen LogP contribution in [0.15, 0.2) is 24.3 Å². The van der Waals surface area contributed by atoms with Gasteiger partial charge in [0.1, 0.15) is 0 Å². The van der Waals surface area contributed by atoms with Crippen LogP contribution in [0.2, 0.25) is 0 Å². The molecule has 0 saturated heterocycles. The van der Waals surface area contributed by atoms with Gasteiger partial charge in [0.05, 0.1) is 6.61 Å². The molecule has 1 N–H and O–H groups in total. The Labute approximate surface area is 112 Å². The highest BCUT2D eigenvalue weighted by atomic mass is 19.4. The summed E-state index contributed by atoms with van der Waals surface area (Å²) >= 11 is 0. The van der Waals surface area contributed by atoms with Crippen molar-refractivity contribution in [3.63, 3.8) is 0 Å². The van der Waals surface area contributed by atoms with Crippen LogP contribution in [0.5, 0.6) is 5.75 Å². The van der Waals surface area contributed by atoms with E-state index in [1.165, 1.54) is 12.1 Å². The predicted molar refractivity (Wildman–Crippen MR) is 63.9 cm³/mol. The van der Waals surface area contributed by atoms with Gasteiger partial charge in [-0.25, -0.2) is 9.18 Å². The fourth-order valence-electron chi connectivity index (χ4n) is 1.42. The topological polar surface area (TPSA) is 46.5 Å². The number of benzene rings is 1. The molecule has 0 heterocycles. The molecule has 0 aliphatic carbocycles. The molecule has 0 aromatic heterocycles. The lowest BCUT2D eigenvalue weighted by Crippen LogP contribution is -2.10. The fourth-order valence-corrected chi connectivity index (χ4v) is 1.42. The molecule has 0 fully saturated rings. The molecule has 1 rings (SSSR count). The number of rotatable bonds is 6. The summed E-state index contributed by atoms with van der Waals surface area (Å²) in [6, 6.07) is 3.83. The summed E-state index contributed by atoms with van der Waals surface area (Å²) in [5.41, 5.74) is 0.152. The summed E-state index contributed by atoms with van der Waals surface area (Å²) in [5, 5.41) is 8.49. The lowest BCUT2D eigenvalue weighted by Gasteiger charge is -2.11. The van der Waals surface area contributed by atoms with E-state index in [1.807, 2.05) is 0 Å². The molecule has 0 aliphatic rings. The molecule has 0 spiro atoms. The quantitative estimate of drug-likeness (QED) is 0.494. The van der Waals surface area contributed by atoms with E-state index in [9.17, 15) is 22.4 Å². The molecular formula is C13H12F4O3. The Morgan fingerprint density at radius 3 is 2.65 bits per heavy atom. The van der Waals surface area contributed by atoms with Crippen molar-refractivity contribution in [2.75, 3.05) is 6.61 Å². The number of para-hydroxylation sites is 1. The third-order valence-corrected chi connectivity index (χ3v) is 2.25. The van der Waals surface area contributed by atoms with E-state index < -0.39 is 24.4 Å². The van der Waals surface area contributed by atoms with Crippen LogP contribution < -0.4 is 4.74 Å². The van der Waals surface area contributed by atoms with Crippen molar-refractivity contribution >= 4 is 12.0 Å². The van der Waals surface area contributed by atoms with Gasteiger partial charge >= 0.3 is 12.1 Å². The zero-order valence-corrected chi connectivity index (χ0v) is 10.3. The Hall–Kier alpha value is -2.05. The molecule has 1 aromatic rings. The van der Waals surface area contributed by atoms with Crippen LogP contribution in [0.3, 0.4) is 0 Å². The number of carbonyl (C=O) groups is 1. The minimum atomic E-state index is -4.29. The highest BCUT2D eigenvalue weighted by molar-refractivity contribution is 5.85. The van der Waals surface area contributed by atoms with Crippen molar-refractivity contribution in [1.82, 2.24) is 0 Å². The van der Waals surface area contributed by atoms with E-state index in [-0.39, 0.29) is 24.3 Å². The first kappa shape index (κ1) is 16.0. The fraction of sp³-hybridized carbons (Fsp3) is 0.308. The number of carboxylic acid groups (broad SMARTS) is 1. The summed E-state index contributed by atoms with van der Waals surface area (Å²) in [6.07, 6.45) is -3.71. The Morgan fingerprint density at radius 1 is 1.35 bits per heavy atom. The monoisotopic (exact) mass is 292 g/mol. The Kier molecular flexibility index (Phi) is 5.54. The smallest absolute Gasteiger partial charge is 0.389 e. The maximum Gasteiger partial charge on any atom is 0.389 e. The molecule has 110 valence electrons. The van der Waals surface area contributed by atoms with Crippen LogP contribution in [-0.2, 0) is 4.79 Å². The van der Waals surface area contributed by atoms with Gasteiger partial charge in [-0.2, -0.15) is 13.2 Å². The lowest BCUT2D eigenvalue weighted by molar-refractivity contribution is -0.136. The zero-order chi connectivity index (χ0) is 15.2. The second kappa shape index (κ2) is 6.93. The van der Waals surface area contributed by atoms with Crippen molar-refractivity contribution in [3.05, 3.63) is 35.7 Å². The van der Waals surface area contributed by atoms with Gasteiger partial charge in [0.25, 0.3) is 0 Å². The third-order valence-electron chi connectivity index (χ3n) is 2.25. The van der Waals surface area contributed by atoms with Crippen molar-refractivity contribution in [3.8, 4) is 5.75 Å². The van der Waals surface area contributed by atoms with E-state index in [0.29, 0.717) is 0 Å². The molecule has 0 saturated carbocycles. The molecule has 0 unspecified atom stereocenters. The van der Waals surface area contributed by atoms with E-state index in [0.717, 1.165) is 18.2 Å². The number of aliphatic carboxylic acids is 1. The zero-order valence-electron chi connectivity index (χ0n) is 10.3. The summed E-state index contributed by atoms with van der Waals surface area (Å²) in [5.74, 6) is -2.24. The van der Waals surface area contributed by atoms with Crippen LogP contribution in [0.1, 0.15) is 18.4 Å². The first-order valence-corrected chi connectivity index (χ1v) is 5.68. The molecule has 0 aliphatic heterocycles. The molecule has 0 radical (unpaired) electrons. The number of hydrogen-bond acceptors (Lipinski definition) is 2. The SMILES string of the molecule is O=C(O)/C=C/c1cccc(F)c1OCCCC(F)(F)F. The maximum atomic E-state index is 13.5. The van der Waals surface area contributed by atoms with Crippen LogP contribution in [0, 0.1) is 5.82 Å². The van der Waals surface area contributed by atoms with Crippen LogP contribution >= 0.6 is 0 Å². The van der Waals surface area contributed by atoms with Gasteiger partial charge < -0.3 is 9.84 Å². The average Bonchev–Trinajstić information content (AvgIpc) is 2.32. The Morgan fingerprint density at radius 2 is 2.05 bits per heavy atom. The lowest BCUT2D eigenvalue weighted by atomic mass is 10.1. The van der Waals surface area contributed by atoms with Crippen LogP contribution in [-0.4, -0.2) is 23.9 Å². The maximum absolute atomic E-state index is 13.5. The number of carboxylic acids is 1. The minimum absolute atomic E-state index is 0.152. The minimum Gasteiger partial charge on any atom is -0.490 e. The summed E-state index contributed by atoms with van der Waals surface area (Å²) in [6.45, 7) is -0.311. The van der Waals surface area contributed by atoms with E-state index in [1.54, 1.807) is 0 Å². The molecular weight excluding hydrogens is 280 g/mol. The van der Waals surface area contributed by atoms with Gasteiger partial charge in [-0.15, -0.1) is 0 Å². The van der Waals surface area contributed by atoms with Gasteiger partial charge in [0.15, 0.2) is 11.6 Å². The predicted octanol–water partition coefficient (Wildman–Crippen LogP) is 3.64. The molecule has 0 bridgehead atoms. The second-order valence-corrected chi connectivity index (χ2v) is 3.90. The number of ether oxygens (including phenoxy) is 1. The highest BCUT2D eigenvalue weighted by Gasteiger charge is 2.26. The Bertz CT molecular complexity index is 495. The molecule has 7 heteroatoms. The van der Waals surface area contributed by atoms with Crippen molar-refractivity contribution in [1.29, 1.82) is 0 Å². The first-order valence-electron chi connectivity index (χ1n) is 5.68. The Balaban J connectivity index is 2.71. The van der Waals surface area contributed by atoms with Crippen LogP contribution in [0.25, 0.3) is 6.08 Å². The third kappa shape index (κ3) is 5.73. The van der Waals surface area contributed by atoms with Gasteiger partial charge in [-0.05, 0) is 18.6 Å². The number of hydrogen-bond donors (Lipinski definition) is 1. The molecule has 20 heavy (non-hydrogen) atoms. The van der Waals surface area contributed by atoms with Crippen LogP contribution in [0.4, 0.5) is 17.6 Å². The van der Waals surface area contributed by atoms with E-state index in [2.05, 4.69) is 0 Å². The largest absolute Gasteiger partial charge is 0.490 e. The highest BCUT2D eigenvalue weighted by Crippen LogP contribution is 2.25. The normalized spacial score (nSPS) is 11.8. The summed E-state index contributed by atoms with van der Waals surface area (Å²) < 4.78 is 54.3. The summed E-state index contributed by atoms with van der Waals surface area (Å²) in [4.78, 5) is 10.4. The van der Waals surface area contributed by atoms with Crippen molar-refractivity contribution < 1.29 is 32.2 Å². The molecule has 1 aromatic carbocycles. The molecule has 3 nitrogen and oxygen atoms in total. The van der Waals surface area contributed by atoms with Crippen molar-refractivity contribution in [2.45, 2.75) is 19.0 Å². The van der Waals surface area contributed by atoms with E-state index >= 15 is 0 Å². The van der Waals surface area contributed by atoms with Gasteiger partial charge in [0, 0.05) is 18.1 Å². The van der Waals surface area contributed by atoms with Gasteiger partial charge in [0.2, 0.25) is 0 Å². The first-order chi connectivity index (χ1) is 9.29. The van der Waals surface area contributed by atoms with Gasteiger partial charge in [-0.3, -0.25) is 0 Å².